The summed E-state index contributed by atoms with van der Waals surface area (Å²) in [4.78, 5) is 222. The lowest BCUT2D eigenvalue weighted by Gasteiger charge is -2.16. The number of hydrogen-bond donors (Lipinski definition) is 3. The molecule has 5 unspecified atom stereocenters. The molecular weight excluding hydrogens is 1860 g/mol. The van der Waals surface area contributed by atoms with Crippen LogP contribution in [0, 0.1) is 0 Å². The molecule has 3 aromatic carbocycles. The van der Waals surface area contributed by atoms with Crippen molar-refractivity contribution in [3.8, 4) is 5.75 Å². The van der Waals surface area contributed by atoms with Crippen molar-refractivity contribution in [2.45, 2.75) is 202 Å². The molecule has 0 radical (unpaired) electrons. The lowest BCUT2D eigenvalue weighted by atomic mass is 10.1. The van der Waals surface area contributed by atoms with Crippen LogP contribution in [0.15, 0.2) is 177 Å². The van der Waals surface area contributed by atoms with Crippen LogP contribution in [0.1, 0.15) is 190 Å². The maximum absolute atomic E-state index is 12.7. The van der Waals surface area contributed by atoms with Crippen molar-refractivity contribution in [3.63, 3.8) is 0 Å². The summed E-state index contributed by atoms with van der Waals surface area (Å²) in [6.07, 6.45) is 18.2. The number of para-hydroxylation sites is 1. The fourth-order valence-corrected chi connectivity index (χ4v) is 15.7. The van der Waals surface area contributed by atoms with Crippen molar-refractivity contribution in [2.24, 2.45) is 70.5 Å². The number of nitrogen functional groups attached to an aromatic ring is 1. The minimum atomic E-state index is -1.20. The van der Waals surface area contributed by atoms with E-state index in [9.17, 15) is 86.9 Å². The molecule has 0 aliphatic rings. The van der Waals surface area contributed by atoms with Gasteiger partial charge in [0.15, 0.2) is 55.8 Å². The summed E-state index contributed by atoms with van der Waals surface area (Å²) in [5, 5.41) is 18.5. The van der Waals surface area contributed by atoms with Gasteiger partial charge in [0, 0.05) is 135 Å². The van der Waals surface area contributed by atoms with Gasteiger partial charge in [-0.3, -0.25) is 74.6 Å². The van der Waals surface area contributed by atoms with Crippen molar-refractivity contribution < 1.29 is 62.7 Å². The van der Waals surface area contributed by atoms with Crippen molar-refractivity contribution >= 4 is 97.4 Å². The number of carbonyl (C=O) groups is 6. The summed E-state index contributed by atoms with van der Waals surface area (Å²) in [7, 11) is 19.8. The molecule has 766 valence electrons. The molecule has 0 aliphatic heterocycles. The Morgan fingerprint density at radius 3 is 0.888 bits per heavy atom. The predicted molar refractivity (Wildman–Crippen MR) is 533 cm³/mol. The Morgan fingerprint density at radius 2 is 0.608 bits per heavy atom. The van der Waals surface area contributed by atoms with E-state index in [4.69, 9.17) is 29.4 Å². The number of fused-ring (bicyclic) bond motifs is 5. The number of phenols is 1. The number of pyridine rings is 1. The highest BCUT2D eigenvalue weighted by Gasteiger charge is 2.26. The number of aromatic nitrogens is 21. The fraction of sp³-hybridized carbons (Fsp3) is 0.443. The van der Waals surface area contributed by atoms with Gasteiger partial charge in [0.2, 0.25) is 0 Å². The summed E-state index contributed by atoms with van der Waals surface area (Å²) in [5.74, 6) is -3.13. The van der Waals surface area contributed by atoms with E-state index in [1.807, 2.05) is 20.8 Å². The number of carbonyl (C=O) groups excluding carboxylic acids is 5. The van der Waals surface area contributed by atoms with Crippen LogP contribution in [0.2, 0.25) is 0 Å². The number of amides is 1. The number of aromatic carboxylic acids is 1. The number of imidazole rings is 5. The molecule has 11 heterocycles. The molecule has 5 atom stereocenters. The summed E-state index contributed by atoms with van der Waals surface area (Å²) in [6, 6.07) is 21.8. The van der Waals surface area contributed by atoms with Gasteiger partial charge >= 0.3 is 64.4 Å². The number of aryl methyl sites for hydroxylation is 10. The predicted octanol–water partition coefficient (Wildman–Crippen LogP) is 7.11. The third kappa shape index (κ3) is 26.9. The van der Waals surface area contributed by atoms with E-state index >= 15 is 0 Å². The molecule has 14 aromatic rings. The molecule has 14 rings (SSSR count). The van der Waals surface area contributed by atoms with Crippen molar-refractivity contribution in [3.05, 3.63) is 261 Å². The Kier molecular flexibility index (Phi) is 38.7. The summed E-state index contributed by atoms with van der Waals surface area (Å²) in [5.41, 5.74) is 7.30. The van der Waals surface area contributed by atoms with Gasteiger partial charge in [-0.1, -0.05) is 31.7 Å². The van der Waals surface area contributed by atoms with Crippen LogP contribution in [0.5, 0.6) is 5.75 Å². The first-order valence-corrected chi connectivity index (χ1v) is 46.1. The molecule has 11 aromatic heterocycles. The van der Waals surface area contributed by atoms with Gasteiger partial charge in [-0.05, 0) is 192 Å². The number of phenolic OH excluding ortho intramolecular Hbond substituents is 1. The molecule has 0 spiro atoms. The summed E-state index contributed by atoms with van der Waals surface area (Å²) in [6.45, 7) is 10.4. The number of hydrogen-bond acceptors (Lipinski definition) is 29. The number of esters is 4. The average Bonchev–Trinajstić information content (AvgIpc) is 1.67. The monoisotopic (exact) mass is 1980 g/mol. The fourth-order valence-electron chi connectivity index (χ4n) is 15.7. The molecular formula is C97H125N23O23. The van der Waals surface area contributed by atoms with E-state index in [1.165, 1.54) is 125 Å². The molecule has 4 N–H and O–H groups in total. The quantitative estimate of drug-likeness (QED) is 0.0154. The number of nitrogens with two attached hydrogens (primary N) is 1. The lowest BCUT2D eigenvalue weighted by Crippen LogP contribution is -2.39. The van der Waals surface area contributed by atoms with E-state index in [0.717, 1.165) is 6.42 Å². The minimum absolute atomic E-state index is 0. The number of nitrogens with zero attached hydrogens (tertiary/aromatic N) is 22. The SMILES string of the molecule is C.CC(CCCCn1c(=O)c2c(ncn2C)n(C)c1=O)OC(=O)N(C)C.CC(CCCCn1c(=O)c2c(ncn2C)n(C)c1=O)OC(=O)c1ccc(O)cc1.CC(CCCCn1c(=O)c2c(ncn2C)n(C)c1=O)OC(=O)c1ccccc1C(=O)O.CC(CCCCn1c(=O)c2c(ncn2C)n(C)c1=O)OC(=O)c1ccccc1N.CC(CCCCn1c(=O)c2c(ncn2C)n(C)c1=O)OC(=O)c1cccnc1. The number of rotatable bonds is 35. The van der Waals surface area contributed by atoms with Gasteiger partial charge < -0.3 is 67.4 Å². The Hall–Kier alpha value is -16.2. The first-order chi connectivity index (χ1) is 67.4. The molecule has 1 amide bonds. The first-order valence-electron chi connectivity index (χ1n) is 46.1. The van der Waals surface area contributed by atoms with E-state index < -0.39 is 47.3 Å². The second-order valence-electron chi connectivity index (χ2n) is 34.8. The zero-order chi connectivity index (χ0) is 104. The molecule has 46 heteroatoms. The maximum atomic E-state index is 12.7. The first kappa shape index (κ1) is 110. The summed E-state index contributed by atoms with van der Waals surface area (Å²) < 4.78 is 47.8. The van der Waals surface area contributed by atoms with Crippen LogP contribution >= 0.6 is 0 Å². The van der Waals surface area contributed by atoms with Gasteiger partial charge in [0.25, 0.3) is 27.8 Å². The van der Waals surface area contributed by atoms with Gasteiger partial charge in [-0.25, -0.2) is 77.7 Å². The summed E-state index contributed by atoms with van der Waals surface area (Å²) >= 11 is 0. The standard InChI is InChI=1S/C21H24N4O6.C20H25N5O4.C20H24N4O5.C19H23N5O4.C16H25N5O4.CH4/c1-13(31-20(29)15-10-5-4-9-14(15)19(27)28)8-6-7-11-25-18(26)16-17(22-12-23(16)2)24(3)21(25)30;1-13(29-19(27)14-9-4-5-10-15(14)21)8-6-7-11-25-18(26)16-17(22-12-23(16)2)24(3)20(25)28;1-13(29-19(27)14-7-9-15(25)10-8-14)6-4-5-11-24-18(26)16-17(21-12-22(16)2)23(3)20(24)28;1-13(28-18(26)14-8-6-9-20-11-14)7-4-5-10-24-17(25)15-16(21-12-22(15)2)23(3)19(24)27;1-11(25-16(24)18(2)3)8-6-7-9-21-14(22)12-13(17-10-19(12)4)20(5)15(21)23;/h4-5,9-10,12-13H,6-8,11H2,1-3H3,(H,27,28);4-5,9-10,12-13H,6-8,11,21H2,1-3H3;7-10,12-13,25H,4-6,11H2,1-3H3;6,8-9,11-13H,4-5,7,10H2,1-3H3;10-11H,6-9H2,1-5H3;1H4. The topological polar surface area (TPSA) is 540 Å². The Morgan fingerprint density at radius 1 is 0.343 bits per heavy atom. The van der Waals surface area contributed by atoms with Crippen LogP contribution in [0.3, 0.4) is 0 Å². The number of aromatic hydroxyl groups is 1. The van der Waals surface area contributed by atoms with Crippen LogP contribution in [-0.4, -0.2) is 194 Å². The molecule has 0 fully saturated rings. The highest BCUT2D eigenvalue weighted by Crippen LogP contribution is 2.21. The molecule has 143 heavy (non-hydrogen) atoms. The zero-order valence-corrected chi connectivity index (χ0v) is 82.5. The van der Waals surface area contributed by atoms with E-state index in [1.54, 1.807) is 176 Å². The molecule has 0 saturated heterocycles. The number of benzene rings is 3. The highest BCUT2D eigenvalue weighted by atomic mass is 16.6. The smallest absolute Gasteiger partial charge is 0.409 e. The largest absolute Gasteiger partial charge is 0.508 e. The lowest BCUT2D eigenvalue weighted by molar-refractivity contribution is 0.0306. The third-order valence-corrected chi connectivity index (χ3v) is 23.7. The normalized spacial score (nSPS) is 12.1. The number of carboxylic acid groups (broad SMARTS) is 1. The van der Waals surface area contributed by atoms with Crippen molar-refractivity contribution in [1.82, 2.24) is 103 Å². The third-order valence-electron chi connectivity index (χ3n) is 23.7. The average molecular weight is 1980 g/mol. The number of carboxylic acids is 1. The minimum Gasteiger partial charge on any atom is -0.508 e. The van der Waals surface area contributed by atoms with E-state index in [2.05, 4.69) is 29.9 Å². The Labute approximate surface area is 818 Å². The van der Waals surface area contributed by atoms with Crippen LogP contribution in [0.4, 0.5) is 10.5 Å². The second kappa shape index (κ2) is 50.1. The van der Waals surface area contributed by atoms with E-state index in [-0.39, 0.29) is 113 Å². The van der Waals surface area contributed by atoms with Gasteiger partial charge in [-0.2, -0.15) is 0 Å². The van der Waals surface area contributed by atoms with Gasteiger partial charge in [0.1, 0.15) is 11.9 Å². The highest BCUT2D eigenvalue weighted by molar-refractivity contribution is 6.02. The van der Waals surface area contributed by atoms with Crippen molar-refractivity contribution in [2.75, 3.05) is 19.8 Å². The maximum Gasteiger partial charge on any atom is 0.409 e. The van der Waals surface area contributed by atoms with Gasteiger partial charge in [0.05, 0.1) is 83.9 Å². The van der Waals surface area contributed by atoms with E-state index in [0.29, 0.717) is 188 Å². The number of anilines is 1. The Bertz CT molecular complexity index is 7580. The molecule has 0 saturated carbocycles. The van der Waals surface area contributed by atoms with Crippen LogP contribution < -0.4 is 62.0 Å². The Balaban J connectivity index is 0.000000199. The van der Waals surface area contributed by atoms with Gasteiger partial charge in [-0.15, -0.1) is 0 Å². The second-order valence-corrected chi connectivity index (χ2v) is 34.8. The zero-order valence-electron chi connectivity index (χ0n) is 82.5. The van der Waals surface area contributed by atoms with Crippen molar-refractivity contribution in [1.29, 1.82) is 0 Å². The molecule has 0 bridgehead atoms. The molecule has 0 aliphatic carbocycles. The van der Waals surface area contributed by atoms with Crippen LogP contribution in [-0.2, 0) is 127 Å². The number of unbranched alkanes of at least 4 members (excludes halogenated alkanes) is 5. The van der Waals surface area contributed by atoms with Crippen LogP contribution in [0.25, 0.3) is 55.8 Å². The molecule has 46 nitrogen and oxygen atoms in total. The number of ether oxygens (including phenoxy) is 5.